The van der Waals surface area contributed by atoms with Gasteiger partial charge in [0.05, 0.1) is 5.60 Å². The Labute approximate surface area is 58.4 Å². The molecule has 0 unspecified atom stereocenters. The van der Waals surface area contributed by atoms with Gasteiger partial charge >= 0.3 is 0 Å². The van der Waals surface area contributed by atoms with E-state index in [1.54, 1.807) is 0 Å². The van der Waals surface area contributed by atoms with Crippen molar-refractivity contribution in [3.05, 3.63) is 6.92 Å². The molecule has 0 aromatic carbocycles. The normalized spacial score (nSPS) is 12.0. The van der Waals surface area contributed by atoms with E-state index in [1.807, 2.05) is 13.8 Å². The molecule has 0 bridgehead atoms. The van der Waals surface area contributed by atoms with Crippen LogP contribution in [-0.4, -0.2) is 12.2 Å². The number of ether oxygens (including phenoxy) is 1. The lowest BCUT2D eigenvalue weighted by molar-refractivity contribution is 0.0159. The fourth-order valence-electron chi connectivity index (χ4n) is 0.493. The van der Waals surface area contributed by atoms with Gasteiger partial charge in [0, 0.05) is 6.61 Å². The Morgan fingerprint density at radius 1 is 1.44 bits per heavy atom. The fourth-order valence-corrected chi connectivity index (χ4v) is 0.493. The molecule has 0 aliphatic carbocycles. The van der Waals surface area contributed by atoms with Gasteiger partial charge in [-0.1, -0.05) is 13.3 Å². The minimum Gasteiger partial charge on any atom is -0.376 e. The summed E-state index contributed by atoms with van der Waals surface area (Å²) in [5.74, 6) is 0. The molecule has 0 aromatic heterocycles. The predicted molar refractivity (Wildman–Crippen MR) is 40.3 cm³/mol. The predicted octanol–water partition coefficient (Wildman–Crippen LogP) is 2.42. The average Bonchev–Trinajstić information content (AvgIpc) is 1.63. The van der Waals surface area contributed by atoms with Crippen molar-refractivity contribution in [1.82, 2.24) is 0 Å². The number of hydrogen-bond donors (Lipinski definition) is 0. The minimum atomic E-state index is -0.199. The summed E-state index contributed by atoms with van der Waals surface area (Å²) in [7, 11) is 0. The topological polar surface area (TPSA) is 9.23 Å². The standard InChI is InChI=1S/C8H17O/c1-5-6-7-9-8(2,3)4/h2,5-7H2,1,3-4H3. The van der Waals surface area contributed by atoms with Gasteiger partial charge in [-0.3, -0.25) is 0 Å². The molecule has 0 saturated heterocycles. The van der Waals surface area contributed by atoms with Crippen LogP contribution in [0.15, 0.2) is 0 Å². The third kappa shape index (κ3) is 7.96. The molecule has 0 saturated carbocycles. The van der Waals surface area contributed by atoms with Crippen molar-refractivity contribution in [3.63, 3.8) is 0 Å². The van der Waals surface area contributed by atoms with Gasteiger partial charge in [0.2, 0.25) is 0 Å². The van der Waals surface area contributed by atoms with Crippen LogP contribution in [-0.2, 0) is 4.74 Å². The van der Waals surface area contributed by atoms with Gasteiger partial charge in [-0.15, -0.1) is 0 Å². The maximum absolute atomic E-state index is 5.36. The molecule has 1 radical (unpaired) electrons. The summed E-state index contributed by atoms with van der Waals surface area (Å²) in [6.07, 6.45) is 2.33. The Bertz CT molecular complexity index is 61.5. The Morgan fingerprint density at radius 3 is 2.33 bits per heavy atom. The van der Waals surface area contributed by atoms with Crippen LogP contribution in [0.1, 0.15) is 33.6 Å². The SMILES string of the molecule is [CH2]C(C)(C)OCCCC. The Balaban J connectivity index is 3.07. The van der Waals surface area contributed by atoms with Gasteiger partial charge in [-0.05, 0) is 27.2 Å². The summed E-state index contributed by atoms with van der Waals surface area (Å²) in [5, 5.41) is 0. The molecule has 0 fully saturated rings. The fraction of sp³-hybridized carbons (Fsp3) is 0.875. The molecule has 0 atom stereocenters. The van der Waals surface area contributed by atoms with Crippen LogP contribution in [0.5, 0.6) is 0 Å². The molecule has 9 heavy (non-hydrogen) atoms. The smallest absolute Gasteiger partial charge is 0.0627 e. The van der Waals surface area contributed by atoms with E-state index in [9.17, 15) is 0 Å². The first-order valence-corrected chi connectivity index (χ1v) is 3.55. The third-order valence-electron chi connectivity index (χ3n) is 0.991. The molecule has 1 nitrogen and oxygen atoms in total. The third-order valence-corrected chi connectivity index (χ3v) is 0.991. The van der Waals surface area contributed by atoms with Crippen LogP contribution < -0.4 is 0 Å². The first-order chi connectivity index (χ1) is 4.06. The largest absolute Gasteiger partial charge is 0.376 e. The second kappa shape index (κ2) is 3.89. The Hall–Kier alpha value is -0.0400. The van der Waals surface area contributed by atoms with E-state index in [-0.39, 0.29) is 5.60 Å². The van der Waals surface area contributed by atoms with Crippen LogP contribution in [0.4, 0.5) is 0 Å². The van der Waals surface area contributed by atoms with Crippen LogP contribution in [0.2, 0.25) is 0 Å². The minimum absolute atomic E-state index is 0.199. The van der Waals surface area contributed by atoms with Crippen molar-refractivity contribution in [2.75, 3.05) is 6.61 Å². The van der Waals surface area contributed by atoms with Crippen molar-refractivity contribution < 1.29 is 4.74 Å². The van der Waals surface area contributed by atoms with E-state index in [0.29, 0.717) is 0 Å². The first-order valence-electron chi connectivity index (χ1n) is 3.55. The zero-order chi connectivity index (χ0) is 7.33. The summed E-state index contributed by atoms with van der Waals surface area (Å²) >= 11 is 0. The van der Waals surface area contributed by atoms with Crippen molar-refractivity contribution in [3.8, 4) is 0 Å². The molecule has 0 amide bonds. The van der Waals surface area contributed by atoms with Crippen LogP contribution >= 0.6 is 0 Å². The molecule has 55 valence electrons. The second-order valence-corrected chi connectivity index (χ2v) is 2.96. The second-order valence-electron chi connectivity index (χ2n) is 2.96. The van der Waals surface area contributed by atoms with Crippen molar-refractivity contribution in [2.24, 2.45) is 0 Å². The van der Waals surface area contributed by atoms with Gasteiger partial charge < -0.3 is 4.74 Å². The van der Waals surface area contributed by atoms with Gasteiger partial charge in [0.25, 0.3) is 0 Å². The maximum atomic E-state index is 5.36. The highest BCUT2D eigenvalue weighted by molar-refractivity contribution is 4.69. The zero-order valence-corrected chi connectivity index (χ0v) is 6.74. The lowest BCUT2D eigenvalue weighted by Gasteiger charge is -2.18. The molecule has 0 aromatic rings. The van der Waals surface area contributed by atoms with Crippen molar-refractivity contribution in [1.29, 1.82) is 0 Å². The molecule has 0 aliphatic heterocycles. The highest BCUT2D eigenvalue weighted by Crippen LogP contribution is 2.06. The van der Waals surface area contributed by atoms with Gasteiger partial charge in [0.1, 0.15) is 0 Å². The Morgan fingerprint density at radius 2 is 2.00 bits per heavy atom. The van der Waals surface area contributed by atoms with Crippen molar-refractivity contribution in [2.45, 2.75) is 39.2 Å². The number of hydrogen-bond acceptors (Lipinski definition) is 1. The first kappa shape index (κ1) is 8.96. The molecule has 0 aliphatic rings. The van der Waals surface area contributed by atoms with Crippen molar-refractivity contribution >= 4 is 0 Å². The lowest BCUT2D eigenvalue weighted by atomic mass is 10.2. The summed E-state index contributed by atoms with van der Waals surface area (Å²) in [6, 6.07) is 0. The van der Waals surface area contributed by atoms with E-state index >= 15 is 0 Å². The number of unbranched alkanes of at least 4 members (excludes halogenated alkanes) is 1. The molecule has 0 rings (SSSR count). The highest BCUT2D eigenvalue weighted by atomic mass is 16.5. The van der Waals surface area contributed by atoms with Crippen LogP contribution in [0, 0.1) is 6.92 Å². The van der Waals surface area contributed by atoms with E-state index in [4.69, 9.17) is 4.74 Å². The van der Waals surface area contributed by atoms with Gasteiger partial charge in [0.15, 0.2) is 0 Å². The summed E-state index contributed by atoms with van der Waals surface area (Å²) in [5.41, 5.74) is -0.199. The van der Waals surface area contributed by atoms with Gasteiger partial charge in [-0.25, -0.2) is 0 Å². The van der Waals surface area contributed by atoms with E-state index in [2.05, 4.69) is 13.8 Å². The van der Waals surface area contributed by atoms with Crippen LogP contribution in [0.25, 0.3) is 0 Å². The van der Waals surface area contributed by atoms with Crippen LogP contribution in [0.3, 0.4) is 0 Å². The molecular weight excluding hydrogens is 112 g/mol. The molecule has 1 heteroatoms. The lowest BCUT2D eigenvalue weighted by Crippen LogP contribution is -2.19. The summed E-state index contributed by atoms with van der Waals surface area (Å²) < 4.78 is 5.36. The van der Waals surface area contributed by atoms with E-state index in [0.717, 1.165) is 13.0 Å². The van der Waals surface area contributed by atoms with E-state index < -0.39 is 0 Å². The average molecular weight is 129 g/mol. The molecule has 0 N–H and O–H groups in total. The van der Waals surface area contributed by atoms with E-state index in [1.165, 1.54) is 6.42 Å². The molecule has 0 heterocycles. The highest BCUT2D eigenvalue weighted by Gasteiger charge is 2.08. The Kier molecular flexibility index (Phi) is 3.87. The summed E-state index contributed by atoms with van der Waals surface area (Å²) in [4.78, 5) is 0. The monoisotopic (exact) mass is 129 g/mol. The molecular formula is C8H17O. The zero-order valence-electron chi connectivity index (χ0n) is 6.74. The summed E-state index contributed by atoms with van der Waals surface area (Å²) in [6.45, 7) is 10.8. The number of rotatable bonds is 4. The molecule has 0 spiro atoms. The maximum Gasteiger partial charge on any atom is 0.0627 e. The quantitative estimate of drug-likeness (QED) is 0.530. The van der Waals surface area contributed by atoms with Gasteiger partial charge in [-0.2, -0.15) is 0 Å².